The molecule has 0 aromatic heterocycles. The van der Waals surface area contributed by atoms with Crippen LogP contribution in [0.5, 0.6) is 0 Å². The van der Waals surface area contributed by atoms with E-state index in [1.807, 2.05) is 12.1 Å². The third-order valence-electron chi connectivity index (χ3n) is 14.3. The van der Waals surface area contributed by atoms with Crippen molar-refractivity contribution < 1.29 is 15.3 Å². The van der Waals surface area contributed by atoms with Crippen molar-refractivity contribution >= 4 is 0 Å². The first-order valence-electron chi connectivity index (χ1n) is 17.8. The molecule has 2 aromatic carbocycles. The number of rotatable bonds is 8. The standard InChI is InChI=1S/C40H58O3/c1-6-27(40(43,28-14-10-8-11-15-28)29-16-12-9-13-17-29)24-26(3)32-18-19-33-36-34(21-23-38(32,33)4)39(5)22-20-30(41)25-35(39)31(7-2)37(36)42/h8-17,26-27,30-37,41-43H,6-7,18-25H2,1-5H3. The molecule has 12 unspecified atom stereocenters. The van der Waals surface area contributed by atoms with Crippen LogP contribution >= 0.6 is 0 Å². The number of benzene rings is 2. The number of hydrogen-bond acceptors (Lipinski definition) is 3. The molecule has 12 atom stereocenters. The number of fused-ring (bicyclic) bond motifs is 5. The maximum absolute atomic E-state index is 12.7. The van der Waals surface area contributed by atoms with Gasteiger partial charge in [-0.15, -0.1) is 0 Å². The minimum Gasteiger partial charge on any atom is -0.393 e. The molecule has 0 spiro atoms. The van der Waals surface area contributed by atoms with Crippen molar-refractivity contribution in [3.8, 4) is 0 Å². The van der Waals surface area contributed by atoms with Crippen molar-refractivity contribution in [2.24, 2.45) is 58.2 Å². The summed E-state index contributed by atoms with van der Waals surface area (Å²) in [4.78, 5) is 0. The number of aliphatic hydroxyl groups excluding tert-OH is 2. The molecule has 0 bridgehead atoms. The molecule has 43 heavy (non-hydrogen) atoms. The molecule has 236 valence electrons. The molecule has 0 aliphatic heterocycles. The summed E-state index contributed by atoms with van der Waals surface area (Å²) in [5.41, 5.74) is 1.43. The van der Waals surface area contributed by atoms with Crippen LogP contribution in [0.4, 0.5) is 0 Å². The Labute approximate surface area is 261 Å². The van der Waals surface area contributed by atoms with Gasteiger partial charge < -0.3 is 15.3 Å². The van der Waals surface area contributed by atoms with Crippen LogP contribution in [-0.2, 0) is 5.60 Å². The Bertz CT molecular complexity index is 1170. The fourth-order valence-corrected chi connectivity index (χ4v) is 12.2. The van der Waals surface area contributed by atoms with Crippen LogP contribution in [0.3, 0.4) is 0 Å². The molecule has 0 radical (unpaired) electrons. The Balaban J connectivity index is 1.28. The number of hydrogen-bond donors (Lipinski definition) is 3. The van der Waals surface area contributed by atoms with Gasteiger partial charge in [0, 0.05) is 0 Å². The molecule has 3 nitrogen and oxygen atoms in total. The van der Waals surface area contributed by atoms with Crippen molar-refractivity contribution in [1.82, 2.24) is 0 Å². The molecule has 3 N–H and O–H groups in total. The first-order chi connectivity index (χ1) is 20.6. The fraction of sp³-hybridized carbons (Fsp3) is 0.700. The summed E-state index contributed by atoms with van der Waals surface area (Å²) < 4.78 is 0. The Hall–Kier alpha value is -1.68. The molecule has 0 amide bonds. The normalized spacial score (nSPS) is 40.7. The molecule has 0 saturated heterocycles. The predicted molar refractivity (Wildman–Crippen MR) is 175 cm³/mol. The minimum absolute atomic E-state index is 0.115. The molecule has 4 aliphatic carbocycles. The monoisotopic (exact) mass is 586 g/mol. The van der Waals surface area contributed by atoms with Crippen molar-refractivity contribution in [3.05, 3.63) is 71.8 Å². The molecule has 4 aliphatic rings. The minimum atomic E-state index is -1.02. The topological polar surface area (TPSA) is 60.7 Å². The average molecular weight is 587 g/mol. The lowest BCUT2D eigenvalue weighted by atomic mass is 9.41. The van der Waals surface area contributed by atoms with E-state index in [1.165, 1.54) is 25.7 Å². The first-order valence-corrected chi connectivity index (χ1v) is 17.8. The van der Waals surface area contributed by atoms with E-state index in [0.29, 0.717) is 41.4 Å². The average Bonchev–Trinajstić information content (AvgIpc) is 3.38. The van der Waals surface area contributed by atoms with Crippen molar-refractivity contribution in [3.63, 3.8) is 0 Å². The molecule has 2 aromatic rings. The van der Waals surface area contributed by atoms with Gasteiger partial charge in [0.2, 0.25) is 0 Å². The molecular weight excluding hydrogens is 528 g/mol. The van der Waals surface area contributed by atoms with Crippen molar-refractivity contribution in [1.29, 1.82) is 0 Å². The largest absolute Gasteiger partial charge is 0.393 e. The zero-order valence-electron chi connectivity index (χ0n) is 27.5. The van der Waals surface area contributed by atoms with E-state index in [4.69, 9.17) is 0 Å². The van der Waals surface area contributed by atoms with Gasteiger partial charge in [-0.05, 0) is 127 Å². The summed E-state index contributed by atoms with van der Waals surface area (Å²) in [6, 6.07) is 20.7. The SMILES string of the molecule is CCC1C(O)C2C3CCC(C(C)CC(CC)C(O)(c4ccccc4)c4ccccc4)C3(C)CCC2C2(C)CCC(O)CC12. The Morgan fingerprint density at radius 3 is 1.95 bits per heavy atom. The summed E-state index contributed by atoms with van der Waals surface area (Å²) in [7, 11) is 0. The van der Waals surface area contributed by atoms with E-state index in [-0.39, 0.29) is 29.0 Å². The van der Waals surface area contributed by atoms with E-state index in [2.05, 4.69) is 83.1 Å². The van der Waals surface area contributed by atoms with E-state index >= 15 is 0 Å². The molecule has 4 saturated carbocycles. The van der Waals surface area contributed by atoms with Gasteiger partial charge in [-0.3, -0.25) is 0 Å². The summed E-state index contributed by atoms with van der Waals surface area (Å²) in [5, 5.41) is 35.4. The smallest absolute Gasteiger partial charge is 0.117 e. The maximum atomic E-state index is 12.7. The predicted octanol–water partition coefficient (Wildman–Crippen LogP) is 8.60. The Morgan fingerprint density at radius 1 is 0.791 bits per heavy atom. The van der Waals surface area contributed by atoms with Gasteiger partial charge in [0.1, 0.15) is 5.60 Å². The molecular formula is C40H58O3. The second-order valence-corrected chi connectivity index (χ2v) is 15.9. The fourth-order valence-electron chi connectivity index (χ4n) is 12.2. The van der Waals surface area contributed by atoms with Crippen molar-refractivity contribution in [2.45, 2.75) is 117 Å². The van der Waals surface area contributed by atoms with E-state index in [9.17, 15) is 15.3 Å². The molecule has 3 heteroatoms. The van der Waals surface area contributed by atoms with Crippen LogP contribution in [0.1, 0.15) is 110 Å². The highest BCUT2D eigenvalue weighted by Crippen LogP contribution is 2.69. The number of aliphatic hydroxyl groups is 3. The lowest BCUT2D eigenvalue weighted by molar-refractivity contribution is -0.203. The Morgan fingerprint density at radius 2 is 1.37 bits per heavy atom. The highest BCUT2D eigenvalue weighted by atomic mass is 16.3. The van der Waals surface area contributed by atoms with Gasteiger partial charge in [-0.1, -0.05) is 102 Å². The molecule has 6 rings (SSSR count). The van der Waals surface area contributed by atoms with Crippen LogP contribution in [0.25, 0.3) is 0 Å². The summed E-state index contributed by atoms with van der Waals surface area (Å²) in [5.74, 6) is 3.47. The van der Waals surface area contributed by atoms with Crippen LogP contribution in [0.2, 0.25) is 0 Å². The van der Waals surface area contributed by atoms with Gasteiger partial charge >= 0.3 is 0 Å². The Kier molecular flexibility index (Phi) is 8.68. The van der Waals surface area contributed by atoms with Crippen LogP contribution < -0.4 is 0 Å². The third kappa shape index (κ3) is 4.95. The highest BCUT2D eigenvalue weighted by Gasteiger charge is 2.65. The van der Waals surface area contributed by atoms with Gasteiger partial charge in [-0.25, -0.2) is 0 Å². The highest BCUT2D eigenvalue weighted by molar-refractivity contribution is 5.37. The van der Waals surface area contributed by atoms with Crippen molar-refractivity contribution in [2.75, 3.05) is 0 Å². The molecule has 0 heterocycles. The lowest BCUT2D eigenvalue weighted by Crippen LogP contribution is -2.62. The lowest BCUT2D eigenvalue weighted by Gasteiger charge is -2.64. The summed E-state index contributed by atoms with van der Waals surface area (Å²) in [6.07, 6.45) is 10.3. The quantitative estimate of drug-likeness (QED) is 0.290. The van der Waals surface area contributed by atoms with Crippen LogP contribution in [-0.4, -0.2) is 27.5 Å². The van der Waals surface area contributed by atoms with E-state index in [1.54, 1.807) is 0 Å². The summed E-state index contributed by atoms with van der Waals surface area (Å²) in [6.45, 7) is 12.1. The van der Waals surface area contributed by atoms with Crippen LogP contribution in [0, 0.1) is 58.2 Å². The van der Waals surface area contributed by atoms with E-state index in [0.717, 1.165) is 49.7 Å². The maximum Gasteiger partial charge on any atom is 0.117 e. The third-order valence-corrected chi connectivity index (χ3v) is 14.3. The van der Waals surface area contributed by atoms with Crippen LogP contribution in [0.15, 0.2) is 60.7 Å². The summed E-state index contributed by atoms with van der Waals surface area (Å²) >= 11 is 0. The van der Waals surface area contributed by atoms with Gasteiger partial charge in [0.05, 0.1) is 12.2 Å². The zero-order chi connectivity index (χ0) is 30.6. The van der Waals surface area contributed by atoms with Gasteiger partial charge in [0.15, 0.2) is 0 Å². The van der Waals surface area contributed by atoms with E-state index < -0.39 is 5.60 Å². The first kappa shape index (κ1) is 31.3. The second kappa shape index (κ2) is 11.9. The van der Waals surface area contributed by atoms with Gasteiger partial charge in [-0.2, -0.15) is 0 Å². The molecule has 4 fully saturated rings. The zero-order valence-corrected chi connectivity index (χ0v) is 27.5. The van der Waals surface area contributed by atoms with Gasteiger partial charge in [0.25, 0.3) is 0 Å². The second-order valence-electron chi connectivity index (χ2n) is 15.9.